The van der Waals surface area contributed by atoms with E-state index in [9.17, 15) is 19.7 Å². The second kappa shape index (κ2) is 7.76. The summed E-state index contributed by atoms with van der Waals surface area (Å²) in [6.07, 6.45) is 3.08. The van der Waals surface area contributed by atoms with Crippen LogP contribution in [0.25, 0.3) is 0 Å². The van der Waals surface area contributed by atoms with Gasteiger partial charge in [0.2, 0.25) is 0 Å². The van der Waals surface area contributed by atoms with Crippen LogP contribution < -0.4 is 5.73 Å². The van der Waals surface area contributed by atoms with Crippen LogP contribution in [0.15, 0.2) is 18.2 Å². The number of hydrogen-bond acceptors (Lipinski definition) is 6. The van der Waals surface area contributed by atoms with Crippen LogP contribution in [-0.2, 0) is 9.53 Å². The molecule has 0 bridgehead atoms. The molecule has 24 heavy (non-hydrogen) atoms. The summed E-state index contributed by atoms with van der Waals surface area (Å²) in [5.41, 5.74) is 5.08. The number of nitro groups is 1. The fourth-order valence-electron chi connectivity index (χ4n) is 2.33. The number of esters is 1. The van der Waals surface area contributed by atoms with E-state index in [-0.39, 0.29) is 29.5 Å². The minimum atomic E-state index is -0.783. The highest BCUT2D eigenvalue weighted by molar-refractivity contribution is 5.92. The molecule has 130 valence electrons. The van der Waals surface area contributed by atoms with Gasteiger partial charge >= 0.3 is 5.97 Å². The van der Waals surface area contributed by atoms with Crippen molar-refractivity contribution in [2.45, 2.75) is 26.2 Å². The first kappa shape index (κ1) is 17.7. The monoisotopic (exact) mass is 335 g/mol. The number of carbonyl (C=O) groups excluding carboxylic acids is 2. The van der Waals surface area contributed by atoms with Crippen molar-refractivity contribution < 1.29 is 19.2 Å². The number of anilines is 1. The van der Waals surface area contributed by atoms with E-state index in [0.29, 0.717) is 19.0 Å². The molecule has 1 aliphatic carbocycles. The summed E-state index contributed by atoms with van der Waals surface area (Å²) in [6, 6.07) is 3.66. The van der Waals surface area contributed by atoms with Crippen molar-refractivity contribution in [2.24, 2.45) is 5.92 Å². The van der Waals surface area contributed by atoms with Crippen LogP contribution in [0, 0.1) is 16.0 Å². The zero-order valence-corrected chi connectivity index (χ0v) is 13.6. The predicted molar refractivity (Wildman–Crippen MR) is 87.4 cm³/mol. The number of ether oxygens (including phenoxy) is 1. The molecule has 2 N–H and O–H groups in total. The molecule has 2 rings (SSSR count). The van der Waals surface area contributed by atoms with Crippen molar-refractivity contribution in [3.63, 3.8) is 0 Å². The first-order valence-corrected chi connectivity index (χ1v) is 7.91. The summed E-state index contributed by atoms with van der Waals surface area (Å²) in [5.74, 6) is -0.479. The largest absolute Gasteiger partial charge is 0.452 e. The zero-order valence-electron chi connectivity index (χ0n) is 13.6. The second-order valence-electron chi connectivity index (χ2n) is 5.89. The molecule has 1 aromatic carbocycles. The van der Waals surface area contributed by atoms with Gasteiger partial charge in [0.1, 0.15) is 5.69 Å². The Kier molecular flexibility index (Phi) is 5.73. The third kappa shape index (κ3) is 4.68. The second-order valence-corrected chi connectivity index (χ2v) is 5.89. The molecule has 0 heterocycles. The lowest BCUT2D eigenvalue weighted by atomic mass is 10.2. The average molecular weight is 335 g/mol. The fraction of sp³-hybridized carbons (Fsp3) is 0.500. The van der Waals surface area contributed by atoms with Gasteiger partial charge in [0.05, 0.1) is 10.5 Å². The highest BCUT2D eigenvalue weighted by Crippen LogP contribution is 2.29. The Morgan fingerprint density at radius 1 is 1.42 bits per heavy atom. The van der Waals surface area contributed by atoms with Crippen molar-refractivity contribution in [2.75, 3.05) is 25.4 Å². The number of amides is 1. The summed E-state index contributed by atoms with van der Waals surface area (Å²) >= 11 is 0. The van der Waals surface area contributed by atoms with E-state index < -0.39 is 10.9 Å². The highest BCUT2D eigenvalue weighted by Gasteiger charge is 2.27. The van der Waals surface area contributed by atoms with E-state index in [2.05, 4.69) is 0 Å². The Hall–Kier alpha value is -2.64. The Morgan fingerprint density at radius 3 is 2.71 bits per heavy atom. The van der Waals surface area contributed by atoms with Gasteiger partial charge in [-0.3, -0.25) is 14.9 Å². The van der Waals surface area contributed by atoms with Crippen molar-refractivity contribution in [1.29, 1.82) is 0 Å². The van der Waals surface area contributed by atoms with Gasteiger partial charge in [-0.1, -0.05) is 6.92 Å². The molecule has 1 fully saturated rings. The maximum atomic E-state index is 12.2. The van der Waals surface area contributed by atoms with Gasteiger partial charge in [-0.25, -0.2) is 4.79 Å². The van der Waals surface area contributed by atoms with Crippen LogP contribution in [-0.4, -0.2) is 41.4 Å². The minimum absolute atomic E-state index is 0.00654. The Labute approximate surface area is 139 Å². The normalized spacial score (nSPS) is 13.4. The summed E-state index contributed by atoms with van der Waals surface area (Å²) in [4.78, 5) is 36.1. The zero-order chi connectivity index (χ0) is 17.7. The number of rotatable bonds is 8. The van der Waals surface area contributed by atoms with Gasteiger partial charge in [0.25, 0.3) is 11.6 Å². The molecule has 1 amide bonds. The van der Waals surface area contributed by atoms with Crippen LogP contribution in [0.3, 0.4) is 0 Å². The van der Waals surface area contributed by atoms with Crippen molar-refractivity contribution in [1.82, 2.24) is 4.90 Å². The van der Waals surface area contributed by atoms with Gasteiger partial charge in [0, 0.05) is 19.2 Å². The standard InChI is InChI=1S/C16H21N3O5/c1-2-7-18(9-11-3-4-11)15(20)10-24-16(21)12-5-6-13(17)14(8-12)19(22)23/h5-6,8,11H,2-4,7,9-10,17H2,1H3. The van der Waals surface area contributed by atoms with E-state index in [1.807, 2.05) is 6.92 Å². The maximum absolute atomic E-state index is 12.2. The molecule has 1 aromatic rings. The average Bonchev–Trinajstić information content (AvgIpc) is 3.36. The molecular weight excluding hydrogens is 314 g/mol. The molecule has 1 aliphatic rings. The SMILES string of the molecule is CCCN(CC1CC1)C(=O)COC(=O)c1ccc(N)c([N+](=O)[O-])c1. The van der Waals surface area contributed by atoms with Crippen molar-refractivity contribution in [3.8, 4) is 0 Å². The Morgan fingerprint density at radius 2 is 2.12 bits per heavy atom. The van der Waals surface area contributed by atoms with E-state index in [4.69, 9.17) is 10.5 Å². The van der Waals surface area contributed by atoms with E-state index in [1.54, 1.807) is 4.90 Å². The number of carbonyl (C=O) groups is 2. The molecule has 0 unspecified atom stereocenters. The third-order valence-corrected chi connectivity index (χ3v) is 3.81. The third-order valence-electron chi connectivity index (χ3n) is 3.81. The van der Waals surface area contributed by atoms with Gasteiger partial charge in [-0.05, 0) is 37.3 Å². The van der Waals surface area contributed by atoms with Gasteiger partial charge in [0.15, 0.2) is 6.61 Å². The Bertz CT molecular complexity index is 643. The number of nitrogens with two attached hydrogens (primary N) is 1. The van der Waals surface area contributed by atoms with Crippen LogP contribution in [0.5, 0.6) is 0 Å². The lowest BCUT2D eigenvalue weighted by Crippen LogP contribution is -2.36. The summed E-state index contributed by atoms with van der Waals surface area (Å²) in [7, 11) is 0. The number of nitrogen functional groups attached to an aromatic ring is 1. The maximum Gasteiger partial charge on any atom is 0.338 e. The molecule has 0 atom stereocenters. The van der Waals surface area contributed by atoms with Crippen LogP contribution in [0.4, 0.5) is 11.4 Å². The lowest BCUT2D eigenvalue weighted by molar-refractivity contribution is -0.383. The Balaban J connectivity index is 1.95. The molecule has 0 radical (unpaired) electrons. The number of hydrogen-bond donors (Lipinski definition) is 1. The predicted octanol–water partition coefficient (Wildman–Crippen LogP) is 1.98. The molecule has 1 saturated carbocycles. The molecule has 0 aliphatic heterocycles. The topological polar surface area (TPSA) is 116 Å². The van der Waals surface area contributed by atoms with Crippen molar-refractivity contribution >= 4 is 23.3 Å². The summed E-state index contributed by atoms with van der Waals surface area (Å²) in [5, 5.41) is 10.8. The van der Waals surface area contributed by atoms with Crippen LogP contribution >= 0.6 is 0 Å². The number of nitrogens with zero attached hydrogens (tertiary/aromatic N) is 2. The summed E-state index contributed by atoms with van der Waals surface area (Å²) < 4.78 is 5.00. The molecule has 0 saturated heterocycles. The first-order valence-electron chi connectivity index (χ1n) is 7.91. The number of nitro benzene ring substituents is 1. The molecule has 8 heteroatoms. The first-order chi connectivity index (χ1) is 11.4. The molecule has 0 aromatic heterocycles. The van der Waals surface area contributed by atoms with E-state index >= 15 is 0 Å². The molecule has 8 nitrogen and oxygen atoms in total. The fourth-order valence-corrected chi connectivity index (χ4v) is 2.33. The van der Waals surface area contributed by atoms with Gasteiger partial charge < -0.3 is 15.4 Å². The molecular formula is C16H21N3O5. The highest BCUT2D eigenvalue weighted by atomic mass is 16.6. The van der Waals surface area contributed by atoms with Gasteiger partial charge in [-0.2, -0.15) is 0 Å². The number of benzene rings is 1. The smallest absolute Gasteiger partial charge is 0.338 e. The summed E-state index contributed by atoms with van der Waals surface area (Å²) in [6.45, 7) is 2.92. The van der Waals surface area contributed by atoms with E-state index in [1.165, 1.54) is 12.1 Å². The van der Waals surface area contributed by atoms with E-state index in [0.717, 1.165) is 25.3 Å². The van der Waals surface area contributed by atoms with Gasteiger partial charge in [-0.15, -0.1) is 0 Å². The van der Waals surface area contributed by atoms with Crippen LogP contribution in [0.1, 0.15) is 36.5 Å². The van der Waals surface area contributed by atoms with Crippen molar-refractivity contribution in [3.05, 3.63) is 33.9 Å². The van der Waals surface area contributed by atoms with Crippen LogP contribution in [0.2, 0.25) is 0 Å². The minimum Gasteiger partial charge on any atom is -0.452 e. The quantitative estimate of drug-likeness (QED) is 0.336. The lowest BCUT2D eigenvalue weighted by Gasteiger charge is -2.21. The molecule has 0 spiro atoms.